The van der Waals surface area contributed by atoms with Gasteiger partial charge in [-0.15, -0.1) is 10.2 Å². The van der Waals surface area contributed by atoms with Crippen LogP contribution in [0.4, 0.5) is 5.82 Å². The molecule has 0 bridgehead atoms. The predicted octanol–water partition coefficient (Wildman–Crippen LogP) is 3.16. The van der Waals surface area contributed by atoms with Crippen molar-refractivity contribution in [1.29, 1.82) is 0 Å². The van der Waals surface area contributed by atoms with Crippen molar-refractivity contribution in [3.8, 4) is 28.5 Å². The number of nitrogens with zero attached hydrogens (tertiary/aromatic N) is 4. The van der Waals surface area contributed by atoms with Crippen molar-refractivity contribution in [2.45, 2.75) is 13.3 Å². The minimum Gasteiger partial charge on any atom is -0.484 e. The zero-order valence-corrected chi connectivity index (χ0v) is 18.6. The van der Waals surface area contributed by atoms with Gasteiger partial charge in [-0.25, -0.2) is 0 Å². The fourth-order valence-electron chi connectivity index (χ4n) is 3.95. The quantitative estimate of drug-likeness (QED) is 0.576. The molecule has 5 rings (SSSR count). The average molecular weight is 447 g/mol. The van der Waals surface area contributed by atoms with E-state index in [4.69, 9.17) is 14.2 Å². The number of carbonyl (C=O) groups is 1. The Kier molecular flexibility index (Phi) is 5.97. The lowest BCUT2D eigenvalue weighted by atomic mass is 10.1. The Morgan fingerprint density at radius 2 is 1.73 bits per heavy atom. The molecule has 8 nitrogen and oxygen atoms in total. The van der Waals surface area contributed by atoms with Crippen molar-refractivity contribution in [3.63, 3.8) is 0 Å². The van der Waals surface area contributed by atoms with Crippen LogP contribution in [-0.4, -0.2) is 60.6 Å². The summed E-state index contributed by atoms with van der Waals surface area (Å²) in [5, 5.41) is 8.83. The summed E-state index contributed by atoms with van der Waals surface area (Å²) >= 11 is 0. The molecule has 0 radical (unpaired) electrons. The first-order chi connectivity index (χ1) is 16.2. The third kappa shape index (κ3) is 4.69. The van der Waals surface area contributed by atoms with E-state index in [0.29, 0.717) is 43.4 Å². The summed E-state index contributed by atoms with van der Waals surface area (Å²) < 4.78 is 16.3. The van der Waals surface area contributed by atoms with Crippen LogP contribution in [0.5, 0.6) is 17.2 Å². The number of hydrogen-bond donors (Lipinski definition) is 0. The summed E-state index contributed by atoms with van der Waals surface area (Å²) in [6.07, 6.45) is 1.02. The normalized spacial score (nSPS) is 14.9. The minimum atomic E-state index is -0.0377. The number of benzene rings is 2. The molecule has 0 unspecified atom stereocenters. The molecule has 1 fully saturated rings. The van der Waals surface area contributed by atoms with E-state index in [2.05, 4.69) is 46.3 Å². The van der Waals surface area contributed by atoms with Crippen LogP contribution in [0.2, 0.25) is 0 Å². The first-order valence-electron chi connectivity index (χ1n) is 11.2. The molecular formula is C25H26N4O4. The lowest BCUT2D eigenvalue weighted by Gasteiger charge is -2.35. The van der Waals surface area contributed by atoms with E-state index < -0.39 is 0 Å². The van der Waals surface area contributed by atoms with Gasteiger partial charge in [0.2, 0.25) is 6.79 Å². The first-order valence-corrected chi connectivity index (χ1v) is 11.2. The van der Waals surface area contributed by atoms with Crippen molar-refractivity contribution in [1.82, 2.24) is 15.1 Å². The number of aromatic nitrogens is 2. The molecule has 3 heterocycles. The second kappa shape index (κ2) is 9.36. The maximum Gasteiger partial charge on any atom is 0.260 e. The highest BCUT2D eigenvalue weighted by molar-refractivity contribution is 5.78. The zero-order chi connectivity index (χ0) is 22.6. The number of hydrogen-bond acceptors (Lipinski definition) is 7. The molecule has 1 saturated heterocycles. The average Bonchev–Trinajstić information content (AvgIpc) is 3.35. The van der Waals surface area contributed by atoms with Crippen molar-refractivity contribution in [2.24, 2.45) is 0 Å². The van der Waals surface area contributed by atoms with Gasteiger partial charge >= 0.3 is 0 Å². The summed E-state index contributed by atoms with van der Waals surface area (Å²) in [7, 11) is 0. The molecule has 2 aromatic carbocycles. The van der Waals surface area contributed by atoms with E-state index in [1.165, 1.54) is 5.56 Å². The van der Waals surface area contributed by atoms with E-state index >= 15 is 0 Å². The molecule has 1 aromatic heterocycles. The van der Waals surface area contributed by atoms with Crippen LogP contribution in [0.3, 0.4) is 0 Å². The molecule has 2 aliphatic rings. The first kappa shape index (κ1) is 21.1. The summed E-state index contributed by atoms with van der Waals surface area (Å²) in [6, 6.07) is 17.7. The highest BCUT2D eigenvalue weighted by Crippen LogP contribution is 2.35. The number of carbonyl (C=O) groups excluding carboxylic acids is 1. The lowest BCUT2D eigenvalue weighted by molar-refractivity contribution is -0.133. The fourth-order valence-corrected chi connectivity index (χ4v) is 3.95. The number of fused-ring (bicyclic) bond motifs is 1. The molecule has 0 spiro atoms. The number of ether oxygens (including phenoxy) is 3. The molecule has 3 aromatic rings. The van der Waals surface area contributed by atoms with Gasteiger partial charge in [-0.05, 0) is 36.2 Å². The highest BCUT2D eigenvalue weighted by atomic mass is 16.7. The Morgan fingerprint density at radius 3 is 2.45 bits per heavy atom. The third-order valence-corrected chi connectivity index (χ3v) is 5.97. The van der Waals surface area contributed by atoms with Gasteiger partial charge in [0.1, 0.15) is 5.75 Å². The Balaban J connectivity index is 1.12. The largest absolute Gasteiger partial charge is 0.484 e. The minimum absolute atomic E-state index is 0.00896. The Labute approximate surface area is 192 Å². The number of amides is 1. The van der Waals surface area contributed by atoms with Gasteiger partial charge in [-0.2, -0.15) is 0 Å². The fraction of sp³-hybridized carbons (Fsp3) is 0.320. The van der Waals surface area contributed by atoms with E-state index in [-0.39, 0.29) is 19.3 Å². The number of piperazine rings is 1. The molecule has 0 saturated carbocycles. The summed E-state index contributed by atoms with van der Waals surface area (Å²) in [6.45, 7) is 4.98. The number of aryl methyl sites for hydroxylation is 1. The Hall–Kier alpha value is -3.81. The van der Waals surface area contributed by atoms with E-state index in [0.717, 1.165) is 23.5 Å². The number of anilines is 1. The van der Waals surface area contributed by atoms with Gasteiger partial charge in [0.15, 0.2) is 23.9 Å². The SMILES string of the molecule is CCc1ccc(-c2ccc(N3CCN(C(=O)COc4ccc5c(c4)OCO5)CC3)nn2)cc1. The van der Waals surface area contributed by atoms with Crippen LogP contribution in [-0.2, 0) is 11.2 Å². The van der Waals surface area contributed by atoms with Crippen molar-refractivity contribution in [3.05, 3.63) is 60.2 Å². The maximum absolute atomic E-state index is 12.6. The predicted molar refractivity (Wildman–Crippen MR) is 124 cm³/mol. The van der Waals surface area contributed by atoms with E-state index in [9.17, 15) is 4.79 Å². The van der Waals surface area contributed by atoms with Gasteiger partial charge in [-0.3, -0.25) is 4.79 Å². The molecule has 0 aliphatic carbocycles. The molecule has 2 aliphatic heterocycles. The molecule has 0 N–H and O–H groups in total. The summed E-state index contributed by atoms with van der Waals surface area (Å²) in [5.41, 5.74) is 3.22. The van der Waals surface area contributed by atoms with Crippen LogP contribution in [0, 0.1) is 0 Å². The zero-order valence-electron chi connectivity index (χ0n) is 18.6. The van der Waals surface area contributed by atoms with Gasteiger partial charge in [0.05, 0.1) is 5.69 Å². The second-order valence-electron chi connectivity index (χ2n) is 8.00. The van der Waals surface area contributed by atoms with E-state index in [1.54, 1.807) is 18.2 Å². The third-order valence-electron chi connectivity index (χ3n) is 5.97. The molecule has 0 atom stereocenters. The number of rotatable bonds is 6. The van der Waals surface area contributed by atoms with Crippen molar-refractivity contribution < 1.29 is 19.0 Å². The second-order valence-corrected chi connectivity index (χ2v) is 8.00. The topological polar surface area (TPSA) is 77.0 Å². The molecule has 1 amide bonds. The van der Waals surface area contributed by atoms with Gasteiger partial charge in [0.25, 0.3) is 5.91 Å². The van der Waals surface area contributed by atoms with Crippen molar-refractivity contribution in [2.75, 3.05) is 44.5 Å². The van der Waals surface area contributed by atoms with Gasteiger partial charge < -0.3 is 24.0 Å². The standard InChI is InChI=1S/C25H26N4O4/c1-2-18-3-5-19(6-4-18)21-8-10-24(27-26-21)28-11-13-29(14-12-28)25(30)16-31-20-7-9-22-23(15-20)33-17-32-22/h3-10,15H,2,11-14,16-17H2,1H3. The van der Waals surface area contributed by atoms with Gasteiger partial charge in [0, 0.05) is 37.8 Å². The highest BCUT2D eigenvalue weighted by Gasteiger charge is 2.23. The smallest absolute Gasteiger partial charge is 0.260 e. The van der Waals surface area contributed by atoms with Crippen LogP contribution < -0.4 is 19.1 Å². The van der Waals surface area contributed by atoms with Gasteiger partial charge in [-0.1, -0.05) is 31.2 Å². The van der Waals surface area contributed by atoms with Crippen LogP contribution in [0.1, 0.15) is 12.5 Å². The molecule has 33 heavy (non-hydrogen) atoms. The molecule has 8 heteroatoms. The van der Waals surface area contributed by atoms with Crippen molar-refractivity contribution >= 4 is 11.7 Å². The lowest BCUT2D eigenvalue weighted by Crippen LogP contribution is -2.50. The van der Waals surface area contributed by atoms with E-state index in [1.807, 2.05) is 17.0 Å². The molecule has 170 valence electrons. The maximum atomic E-state index is 12.6. The Morgan fingerprint density at radius 1 is 0.939 bits per heavy atom. The summed E-state index contributed by atoms with van der Waals surface area (Å²) in [4.78, 5) is 16.6. The van der Waals surface area contributed by atoms with Crippen LogP contribution >= 0.6 is 0 Å². The van der Waals surface area contributed by atoms with Crippen LogP contribution in [0.25, 0.3) is 11.3 Å². The van der Waals surface area contributed by atoms with Crippen LogP contribution in [0.15, 0.2) is 54.6 Å². The summed E-state index contributed by atoms with van der Waals surface area (Å²) in [5.74, 6) is 2.71. The Bertz CT molecular complexity index is 1110. The molecular weight excluding hydrogens is 420 g/mol. The monoisotopic (exact) mass is 446 g/mol.